The Hall–Kier alpha value is -3.59. The van der Waals surface area contributed by atoms with Gasteiger partial charge in [-0.05, 0) is 61.4 Å². The van der Waals surface area contributed by atoms with Crippen LogP contribution in [0.3, 0.4) is 0 Å². The van der Waals surface area contributed by atoms with E-state index in [-0.39, 0.29) is 5.91 Å². The number of amides is 1. The number of benzene rings is 2. The molecule has 3 rings (SSSR count). The fourth-order valence-electron chi connectivity index (χ4n) is 2.94. The van der Waals surface area contributed by atoms with Gasteiger partial charge < -0.3 is 20.0 Å². The third kappa shape index (κ3) is 4.53. The van der Waals surface area contributed by atoms with Gasteiger partial charge in [0.1, 0.15) is 11.5 Å². The van der Waals surface area contributed by atoms with Gasteiger partial charge in [0, 0.05) is 17.6 Å². The molecule has 0 aromatic heterocycles. The molecule has 0 aliphatic heterocycles. The van der Waals surface area contributed by atoms with E-state index in [2.05, 4.69) is 5.32 Å². The Balaban J connectivity index is 1.63. The summed E-state index contributed by atoms with van der Waals surface area (Å²) < 4.78 is 5.69. The molecule has 0 saturated heterocycles. The van der Waals surface area contributed by atoms with Crippen molar-refractivity contribution in [2.24, 2.45) is 11.8 Å². The number of nitriles is 1. The van der Waals surface area contributed by atoms with Crippen LogP contribution < -0.4 is 15.2 Å². The van der Waals surface area contributed by atoms with E-state index in [0.717, 1.165) is 0 Å². The molecule has 2 aromatic carbocycles. The number of nitrogens with one attached hydrogen (secondary N) is 1. The summed E-state index contributed by atoms with van der Waals surface area (Å²) in [6.45, 7) is 0. The average molecular weight is 361 g/mol. The largest absolute Gasteiger partial charge is 0.550 e. The van der Waals surface area contributed by atoms with Crippen LogP contribution in [-0.4, -0.2) is 11.9 Å². The fourth-order valence-corrected chi connectivity index (χ4v) is 2.94. The molecule has 1 aliphatic rings. The minimum absolute atomic E-state index is 0.303. The topological polar surface area (TPSA) is 102 Å². The molecular formula is C21H17N2O4-. The van der Waals surface area contributed by atoms with Crippen LogP contribution in [0.4, 0.5) is 5.69 Å². The number of ether oxygens (including phenoxy) is 1. The highest BCUT2D eigenvalue weighted by molar-refractivity contribution is 5.95. The Bertz CT molecular complexity index is 895. The van der Waals surface area contributed by atoms with Gasteiger partial charge in [-0.3, -0.25) is 4.79 Å². The van der Waals surface area contributed by atoms with Crippen molar-refractivity contribution in [2.75, 3.05) is 5.32 Å². The molecule has 1 N–H and O–H groups in total. The zero-order chi connectivity index (χ0) is 19.2. The number of hydrogen-bond acceptors (Lipinski definition) is 5. The van der Waals surface area contributed by atoms with Crippen molar-refractivity contribution >= 4 is 17.6 Å². The molecule has 136 valence electrons. The van der Waals surface area contributed by atoms with Crippen LogP contribution in [-0.2, 0) is 9.59 Å². The Morgan fingerprint density at radius 3 is 2.07 bits per heavy atom. The molecule has 1 amide bonds. The molecule has 27 heavy (non-hydrogen) atoms. The summed E-state index contributed by atoms with van der Waals surface area (Å²) in [5.41, 5.74) is 1.10. The number of aliphatic carboxylic acids is 1. The Labute approximate surface area is 156 Å². The highest BCUT2D eigenvalue weighted by atomic mass is 16.5. The average Bonchev–Trinajstić information content (AvgIpc) is 2.70. The molecule has 0 spiro atoms. The Morgan fingerprint density at radius 1 is 0.963 bits per heavy atom. The minimum Gasteiger partial charge on any atom is -0.550 e. The molecule has 0 bridgehead atoms. The van der Waals surface area contributed by atoms with Gasteiger partial charge >= 0.3 is 0 Å². The van der Waals surface area contributed by atoms with E-state index in [1.54, 1.807) is 54.6 Å². The summed E-state index contributed by atoms with van der Waals surface area (Å²) in [6.07, 6.45) is 4.26. The summed E-state index contributed by atoms with van der Waals surface area (Å²) in [5.74, 6) is -1.83. The first-order valence-electron chi connectivity index (χ1n) is 8.51. The van der Waals surface area contributed by atoms with E-state index < -0.39 is 17.8 Å². The van der Waals surface area contributed by atoms with Crippen molar-refractivity contribution in [2.45, 2.75) is 12.8 Å². The minimum atomic E-state index is -1.20. The van der Waals surface area contributed by atoms with Crippen molar-refractivity contribution in [3.05, 3.63) is 66.2 Å². The van der Waals surface area contributed by atoms with E-state index in [0.29, 0.717) is 35.6 Å². The highest BCUT2D eigenvalue weighted by Crippen LogP contribution is 2.28. The summed E-state index contributed by atoms with van der Waals surface area (Å²) in [6, 6.07) is 15.5. The van der Waals surface area contributed by atoms with E-state index in [1.807, 2.05) is 12.1 Å². The number of rotatable bonds is 5. The van der Waals surface area contributed by atoms with E-state index in [1.165, 1.54) is 0 Å². The van der Waals surface area contributed by atoms with Gasteiger partial charge in [0.25, 0.3) is 0 Å². The molecule has 1 aliphatic carbocycles. The second-order valence-corrected chi connectivity index (χ2v) is 6.23. The number of anilines is 1. The zero-order valence-electron chi connectivity index (χ0n) is 14.4. The summed E-state index contributed by atoms with van der Waals surface area (Å²) >= 11 is 0. The van der Waals surface area contributed by atoms with Gasteiger partial charge in [0.05, 0.1) is 17.6 Å². The molecule has 0 unspecified atom stereocenters. The zero-order valence-corrected chi connectivity index (χ0v) is 14.4. The SMILES string of the molecule is N#Cc1ccc(Oc2ccc(NC(=O)[C@H]3CC=CC[C@@H]3C(=O)[O-])cc2)cc1. The number of hydrogen-bond donors (Lipinski definition) is 1. The molecular weight excluding hydrogens is 344 g/mol. The summed E-state index contributed by atoms with van der Waals surface area (Å²) in [4.78, 5) is 23.6. The first kappa shape index (κ1) is 18.2. The smallest absolute Gasteiger partial charge is 0.228 e. The lowest BCUT2D eigenvalue weighted by Crippen LogP contribution is -2.41. The van der Waals surface area contributed by atoms with Gasteiger partial charge in [0.2, 0.25) is 5.91 Å². The van der Waals surface area contributed by atoms with Crippen molar-refractivity contribution in [1.29, 1.82) is 5.26 Å². The standard InChI is InChI=1S/C21H18N2O4/c22-13-14-5-9-16(10-6-14)27-17-11-7-15(8-12-17)23-20(24)18-3-1-2-4-19(18)21(25)26/h1-2,5-12,18-19H,3-4H2,(H,23,24)(H,25,26)/p-1/t18-,19-/m0/s1. The molecule has 2 atom stereocenters. The van der Waals surface area contributed by atoms with Crippen LogP contribution in [0.15, 0.2) is 60.7 Å². The van der Waals surface area contributed by atoms with Gasteiger partial charge in [-0.15, -0.1) is 0 Å². The lowest BCUT2D eigenvalue weighted by Gasteiger charge is -2.28. The van der Waals surface area contributed by atoms with E-state index >= 15 is 0 Å². The second-order valence-electron chi connectivity index (χ2n) is 6.23. The van der Waals surface area contributed by atoms with Gasteiger partial charge in [-0.25, -0.2) is 0 Å². The molecule has 6 nitrogen and oxygen atoms in total. The first-order valence-corrected chi connectivity index (χ1v) is 8.51. The molecule has 2 aromatic rings. The van der Waals surface area contributed by atoms with Crippen molar-refractivity contribution in [3.8, 4) is 17.6 Å². The predicted molar refractivity (Wildman–Crippen MR) is 96.7 cm³/mol. The van der Waals surface area contributed by atoms with Crippen LogP contribution >= 0.6 is 0 Å². The van der Waals surface area contributed by atoms with Gasteiger partial charge in [-0.1, -0.05) is 12.2 Å². The number of carboxylic acids is 1. The Kier molecular flexibility index (Phi) is 5.53. The molecule has 0 heterocycles. The summed E-state index contributed by atoms with van der Waals surface area (Å²) in [5, 5.41) is 22.8. The summed E-state index contributed by atoms with van der Waals surface area (Å²) in [7, 11) is 0. The number of carbonyl (C=O) groups excluding carboxylic acids is 2. The number of allylic oxidation sites excluding steroid dienone is 2. The van der Waals surface area contributed by atoms with Crippen LogP contribution in [0, 0.1) is 23.2 Å². The van der Waals surface area contributed by atoms with Gasteiger partial charge in [-0.2, -0.15) is 5.26 Å². The molecule has 0 radical (unpaired) electrons. The fraction of sp³-hybridized carbons (Fsp3) is 0.190. The van der Waals surface area contributed by atoms with Crippen molar-refractivity contribution in [3.63, 3.8) is 0 Å². The molecule has 0 saturated carbocycles. The van der Waals surface area contributed by atoms with Crippen molar-refractivity contribution in [1.82, 2.24) is 0 Å². The highest BCUT2D eigenvalue weighted by Gasteiger charge is 2.29. The molecule has 0 fully saturated rings. The molecule has 6 heteroatoms. The predicted octanol–water partition coefficient (Wildman–Crippen LogP) is 2.62. The third-order valence-electron chi connectivity index (χ3n) is 4.41. The first-order chi connectivity index (χ1) is 13.1. The van der Waals surface area contributed by atoms with Crippen LogP contribution in [0.5, 0.6) is 11.5 Å². The Morgan fingerprint density at radius 2 is 1.52 bits per heavy atom. The van der Waals surface area contributed by atoms with E-state index in [4.69, 9.17) is 10.00 Å². The monoisotopic (exact) mass is 361 g/mol. The van der Waals surface area contributed by atoms with Crippen molar-refractivity contribution < 1.29 is 19.4 Å². The maximum Gasteiger partial charge on any atom is 0.228 e. The maximum absolute atomic E-state index is 12.4. The number of carboxylic acid groups (broad SMARTS) is 1. The lowest BCUT2D eigenvalue weighted by molar-refractivity contribution is -0.313. The van der Waals surface area contributed by atoms with Crippen LogP contribution in [0.25, 0.3) is 0 Å². The lowest BCUT2D eigenvalue weighted by atomic mass is 9.82. The maximum atomic E-state index is 12.4. The second kappa shape index (κ2) is 8.19. The van der Waals surface area contributed by atoms with Gasteiger partial charge in [0.15, 0.2) is 0 Å². The quantitative estimate of drug-likeness (QED) is 0.825. The number of nitrogens with zero attached hydrogens (tertiary/aromatic N) is 1. The van der Waals surface area contributed by atoms with Crippen LogP contribution in [0.1, 0.15) is 18.4 Å². The number of carbonyl (C=O) groups is 2. The van der Waals surface area contributed by atoms with E-state index in [9.17, 15) is 14.7 Å². The van der Waals surface area contributed by atoms with Crippen LogP contribution in [0.2, 0.25) is 0 Å². The third-order valence-corrected chi connectivity index (χ3v) is 4.41. The normalized spacial score (nSPS) is 18.3.